The van der Waals surface area contributed by atoms with E-state index in [0.717, 1.165) is 13.0 Å². The molecule has 3 N–H and O–H groups in total. The van der Waals surface area contributed by atoms with Gasteiger partial charge < -0.3 is 20.7 Å². The molecule has 1 heterocycles. The number of carbonyl (C=O) groups excluding carboxylic acids is 1. The smallest absolute Gasteiger partial charge is 0.246 e. The number of halogens is 1. The molecule has 1 amide bonds. The van der Waals surface area contributed by atoms with E-state index in [4.69, 9.17) is 4.74 Å². The van der Waals surface area contributed by atoms with E-state index in [1.54, 1.807) is 24.5 Å². The Balaban J connectivity index is 0.00000420. The van der Waals surface area contributed by atoms with Crippen molar-refractivity contribution in [1.29, 1.82) is 0 Å². The van der Waals surface area contributed by atoms with Gasteiger partial charge in [-0.05, 0) is 38.0 Å². The fourth-order valence-electron chi connectivity index (χ4n) is 2.49. The monoisotopic (exact) mass is 511 g/mol. The van der Waals surface area contributed by atoms with Crippen molar-refractivity contribution in [3.8, 4) is 0 Å². The van der Waals surface area contributed by atoms with Crippen LogP contribution in [-0.4, -0.2) is 43.1 Å². The van der Waals surface area contributed by atoms with Crippen molar-refractivity contribution in [2.45, 2.75) is 26.4 Å². The third kappa shape index (κ3) is 10.2. The number of hydrogen-bond acceptors (Lipinski definition) is 4. The van der Waals surface area contributed by atoms with Crippen LogP contribution in [0.25, 0.3) is 0 Å². The van der Waals surface area contributed by atoms with Crippen LogP contribution in [0.15, 0.2) is 59.9 Å². The summed E-state index contributed by atoms with van der Waals surface area (Å²) >= 11 is 0. The standard InChI is InChI=1S/C21H29N5O2.HI/c1-3-23-21(25-16-20(27)26-19-11-7-12-22-15-19)24-13-8-14-28-17(2)18-9-5-4-6-10-18;/h4-7,9-12,15,17H,3,8,13-14,16H2,1-2H3,(H,26,27)(H2,23,24,25);1H. The normalized spacial score (nSPS) is 11.9. The first-order valence-electron chi connectivity index (χ1n) is 9.57. The first kappa shape index (κ1) is 24.8. The number of guanidine groups is 1. The fourth-order valence-corrected chi connectivity index (χ4v) is 2.49. The number of benzene rings is 1. The topological polar surface area (TPSA) is 87.6 Å². The molecule has 1 atom stereocenters. The van der Waals surface area contributed by atoms with Gasteiger partial charge in [-0.25, -0.2) is 4.99 Å². The molecule has 29 heavy (non-hydrogen) atoms. The summed E-state index contributed by atoms with van der Waals surface area (Å²) in [6.45, 7) is 6.14. The summed E-state index contributed by atoms with van der Waals surface area (Å²) in [6.07, 6.45) is 4.16. The quantitative estimate of drug-likeness (QED) is 0.197. The Bertz CT molecular complexity index is 728. The van der Waals surface area contributed by atoms with Crippen molar-refractivity contribution in [3.63, 3.8) is 0 Å². The molecule has 0 fully saturated rings. The first-order valence-corrected chi connectivity index (χ1v) is 9.57. The molecule has 0 aliphatic carbocycles. The highest BCUT2D eigenvalue weighted by Crippen LogP contribution is 2.15. The van der Waals surface area contributed by atoms with Crippen LogP contribution in [0.1, 0.15) is 31.9 Å². The summed E-state index contributed by atoms with van der Waals surface area (Å²) in [7, 11) is 0. The lowest BCUT2D eigenvalue weighted by Gasteiger charge is -2.14. The number of anilines is 1. The van der Waals surface area contributed by atoms with E-state index >= 15 is 0 Å². The molecule has 1 aromatic heterocycles. The van der Waals surface area contributed by atoms with Gasteiger partial charge in [-0.3, -0.25) is 9.78 Å². The van der Waals surface area contributed by atoms with Crippen molar-refractivity contribution in [2.75, 3.05) is 31.6 Å². The molecule has 0 aliphatic rings. The molecule has 1 aromatic carbocycles. The number of hydrogen-bond donors (Lipinski definition) is 3. The van der Waals surface area contributed by atoms with E-state index in [9.17, 15) is 4.79 Å². The SMILES string of the molecule is CCNC(=NCC(=O)Nc1cccnc1)NCCCOC(C)c1ccccc1.I. The minimum absolute atomic E-state index is 0. The Morgan fingerprint density at radius 3 is 2.66 bits per heavy atom. The van der Waals surface area contributed by atoms with Gasteiger partial charge in [-0.15, -0.1) is 24.0 Å². The van der Waals surface area contributed by atoms with Crippen LogP contribution in [-0.2, 0) is 9.53 Å². The maximum Gasteiger partial charge on any atom is 0.246 e. The predicted octanol–water partition coefficient (Wildman–Crippen LogP) is 3.36. The van der Waals surface area contributed by atoms with E-state index in [2.05, 4.69) is 45.0 Å². The average molecular weight is 511 g/mol. The zero-order valence-electron chi connectivity index (χ0n) is 16.9. The third-order valence-corrected chi connectivity index (χ3v) is 3.92. The minimum atomic E-state index is -0.190. The van der Waals surface area contributed by atoms with Gasteiger partial charge in [0.05, 0.1) is 18.0 Å². The Hall–Kier alpha value is -2.20. The van der Waals surface area contributed by atoms with Gasteiger partial charge in [0, 0.05) is 25.9 Å². The maximum atomic E-state index is 12.0. The maximum absolute atomic E-state index is 12.0. The molecular weight excluding hydrogens is 481 g/mol. The molecule has 0 bridgehead atoms. The van der Waals surface area contributed by atoms with Crippen LogP contribution < -0.4 is 16.0 Å². The van der Waals surface area contributed by atoms with Crippen LogP contribution in [0.2, 0.25) is 0 Å². The van der Waals surface area contributed by atoms with Crippen molar-refractivity contribution in [3.05, 3.63) is 60.4 Å². The number of aliphatic imine (C=N–C) groups is 1. The number of amides is 1. The van der Waals surface area contributed by atoms with Crippen molar-refractivity contribution >= 4 is 41.5 Å². The van der Waals surface area contributed by atoms with E-state index in [-0.39, 0.29) is 42.5 Å². The number of aromatic nitrogens is 1. The summed E-state index contributed by atoms with van der Waals surface area (Å²) in [4.78, 5) is 20.3. The lowest BCUT2D eigenvalue weighted by molar-refractivity contribution is -0.114. The van der Waals surface area contributed by atoms with Gasteiger partial charge in [0.25, 0.3) is 0 Å². The zero-order chi connectivity index (χ0) is 20.0. The van der Waals surface area contributed by atoms with E-state index in [0.29, 0.717) is 24.8 Å². The van der Waals surface area contributed by atoms with Crippen LogP contribution in [0.4, 0.5) is 5.69 Å². The number of rotatable bonds is 10. The van der Waals surface area contributed by atoms with Crippen molar-refractivity contribution < 1.29 is 9.53 Å². The number of pyridine rings is 1. The predicted molar refractivity (Wildman–Crippen MR) is 128 cm³/mol. The second kappa shape index (κ2) is 14.7. The second-order valence-electron chi connectivity index (χ2n) is 6.19. The zero-order valence-corrected chi connectivity index (χ0v) is 19.3. The summed E-state index contributed by atoms with van der Waals surface area (Å²) in [5, 5.41) is 9.11. The number of nitrogens with zero attached hydrogens (tertiary/aromatic N) is 2. The highest BCUT2D eigenvalue weighted by Gasteiger charge is 2.05. The van der Waals surface area contributed by atoms with Gasteiger partial charge in [0.15, 0.2) is 5.96 Å². The lowest BCUT2D eigenvalue weighted by Crippen LogP contribution is -2.38. The summed E-state index contributed by atoms with van der Waals surface area (Å²) < 4.78 is 5.86. The van der Waals surface area contributed by atoms with Crippen LogP contribution in [0.3, 0.4) is 0 Å². The molecular formula is C21H30IN5O2. The van der Waals surface area contributed by atoms with Gasteiger partial charge in [-0.2, -0.15) is 0 Å². The lowest BCUT2D eigenvalue weighted by atomic mass is 10.1. The molecule has 0 aliphatic heterocycles. The molecule has 1 unspecified atom stereocenters. The number of ether oxygens (including phenoxy) is 1. The van der Waals surface area contributed by atoms with E-state index < -0.39 is 0 Å². The Morgan fingerprint density at radius 1 is 1.17 bits per heavy atom. The molecule has 0 radical (unpaired) electrons. The molecule has 0 saturated carbocycles. The molecule has 7 nitrogen and oxygen atoms in total. The molecule has 8 heteroatoms. The minimum Gasteiger partial charge on any atom is -0.374 e. The van der Waals surface area contributed by atoms with Crippen LogP contribution in [0, 0.1) is 0 Å². The summed E-state index contributed by atoms with van der Waals surface area (Å²) in [5.41, 5.74) is 1.83. The van der Waals surface area contributed by atoms with Crippen molar-refractivity contribution in [2.24, 2.45) is 4.99 Å². The second-order valence-corrected chi connectivity index (χ2v) is 6.19. The Kier molecular flexibility index (Phi) is 12.6. The van der Waals surface area contributed by atoms with Crippen molar-refractivity contribution in [1.82, 2.24) is 15.6 Å². The third-order valence-electron chi connectivity index (χ3n) is 3.92. The largest absolute Gasteiger partial charge is 0.374 e. The number of carbonyl (C=O) groups is 1. The fraction of sp³-hybridized carbons (Fsp3) is 0.381. The highest BCUT2D eigenvalue weighted by atomic mass is 127. The van der Waals surface area contributed by atoms with Gasteiger partial charge in [-0.1, -0.05) is 30.3 Å². The average Bonchev–Trinajstić information content (AvgIpc) is 2.73. The summed E-state index contributed by atoms with van der Waals surface area (Å²) in [6, 6.07) is 13.7. The van der Waals surface area contributed by atoms with Crippen LogP contribution in [0.5, 0.6) is 0 Å². The molecule has 2 aromatic rings. The van der Waals surface area contributed by atoms with E-state index in [1.165, 1.54) is 5.56 Å². The molecule has 2 rings (SSSR count). The molecule has 158 valence electrons. The van der Waals surface area contributed by atoms with E-state index in [1.807, 2.05) is 25.1 Å². The number of nitrogens with one attached hydrogen (secondary N) is 3. The van der Waals surface area contributed by atoms with Gasteiger partial charge >= 0.3 is 0 Å². The first-order chi connectivity index (χ1) is 13.7. The van der Waals surface area contributed by atoms with Gasteiger partial charge in [0.1, 0.15) is 6.54 Å². The van der Waals surface area contributed by atoms with Crippen LogP contribution >= 0.6 is 24.0 Å². The Morgan fingerprint density at radius 2 is 1.97 bits per heavy atom. The molecule has 0 saturated heterocycles. The van der Waals surface area contributed by atoms with Gasteiger partial charge in [0.2, 0.25) is 5.91 Å². The Labute approximate surface area is 189 Å². The molecule has 0 spiro atoms. The summed E-state index contributed by atoms with van der Waals surface area (Å²) in [5.74, 6) is 0.421. The highest BCUT2D eigenvalue weighted by molar-refractivity contribution is 14.0.